The first kappa shape index (κ1) is 29.0. The van der Waals surface area contributed by atoms with Crippen LogP contribution in [0.4, 0.5) is 4.79 Å². The van der Waals surface area contributed by atoms with Crippen molar-refractivity contribution >= 4 is 28.8 Å². The number of carbonyl (C=O) groups is 3. The monoisotopic (exact) mass is 551 g/mol. The largest absolute Gasteiger partial charge is 0.494 e. The van der Waals surface area contributed by atoms with Crippen LogP contribution in [0.3, 0.4) is 0 Å². The van der Waals surface area contributed by atoms with Crippen LogP contribution in [-0.4, -0.2) is 107 Å². The van der Waals surface area contributed by atoms with Gasteiger partial charge in [0.05, 0.1) is 18.7 Å². The molecule has 0 bridgehead atoms. The number of ether oxygens (including phenoxy) is 2. The van der Waals surface area contributed by atoms with E-state index < -0.39 is 17.7 Å². The molecule has 0 unspecified atom stereocenters. The van der Waals surface area contributed by atoms with E-state index in [9.17, 15) is 14.4 Å². The summed E-state index contributed by atoms with van der Waals surface area (Å²) < 4.78 is 11.4. The Bertz CT molecular complexity index is 1260. The van der Waals surface area contributed by atoms with Gasteiger partial charge in [0, 0.05) is 51.1 Å². The number of benzene rings is 1. The van der Waals surface area contributed by atoms with Crippen molar-refractivity contribution in [1.82, 2.24) is 30.0 Å². The molecule has 2 aliphatic rings. The highest BCUT2D eigenvalue weighted by molar-refractivity contribution is 6.05. The Hall–Kier alpha value is -3.98. The molecule has 1 atom stereocenters. The molecule has 40 heavy (non-hydrogen) atoms. The number of aromatic nitrogens is 2. The number of rotatable bonds is 8. The molecule has 3 amide bonds. The highest BCUT2D eigenvalue weighted by atomic mass is 16.6. The van der Waals surface area contributed by atoms with Crippen LogP contribution >= 0.6 is 0 Å². The third kappa shape index (κ3) is 7.57. The van der Waals surface area contributed by atoms with Gasteiger partial charge in [0.2, 0.25) is 5.91 Å². The second kappa shape index (κ2) is 12.9. The van der Waals surface area contributed by atoms with Crippen molar-refractivity contribution in [2.24, 2.45) is 0 Å². The van der Waals surface area contributed by atoms with Crippen LogP contribution in [0.2, 0.25) is 0 Å². The zero-order chi connectivity index (χ0) is 28.7. The van der Waals surface area contributed by atoms with Gasteiger partial charge in [-0.1, -0.05) is 0 Å². The molecule has 2 aromatic rings. The van der Waals surface area contributed by atoms with E-state index in [0.717, 1.165) is 32.5 Å². The van der Waals surface area contributed by atoms with Crippen molar-refractivity contribution in [1.29, 1.82) is 0 Å². The van der Waals surface area contributed by atoms with Crippen LogP contribution in [0, 0.1) is 6.57 Å². The van der Waals surface area contributed by atoms with E-state index in [1.165, 1.54) is 11.2 Å². The van der Waals surface area contributed by atoms with Crippen LogP contribution in [0.25, 0.3) is 15.7 Å². The maximum Gasteiger partial charge on any atom is 0.410 e. The molecule has 4 rings (SSSR count). The summed E-state index contributed by atoms with van der Waals surface area (Å²) in [5.41, 5.74) is 0.254. The van der Waals surface area contributed by atoms with Crippen LogP contribution in [-0.2, 0) is 9.53 Å². The van der Waals surface area contributed by atoms with Gasteiger partial charge in [0.15, 0.2) is 0 Å². The van der Waals surface area contributed by atoms with Gasteiger partial charge in [-0.25, -0.2) is 21.3 Å². The summed E-state index contributed by atoms with van der Waals surface area (Å²) in [6.07, 6.45) is 2.84. The normalized spacial score (nSPS) is 17.9. The highest BCUT2D eigenvalue weighted by Gasteiger charge is 2.33. The number of carbonyl (C=O) groups excluding carboxylic acids is 3. The van der Waals surface area contributed by atoms with Crippen molar-refractivity contribution in [2.75, 3.05) is 52.4 Å². The number of nitrogens with one attached hydrogen (secondary N) is 1. The molecule has 0 saturated carbocycles. The average Bonchev–Trinajstić information content (AvgIpc) is 3.42. The highest BCUT2D eigenvalue weighted by Crippen LogP contribution is 2.22. The molecule has 1 aromatic carbocycles. The Kier molecular flexibility index (Phi) is 9.37. The van der Waals surface area contributed by atoms with Crippen molar-refractivity contribution in [3.05, 3.63) is 41.6 Å². The quantitative estimate of drug-likeness (QED) is 0.393. The minimum atomic E-state index is -0.499. The topological polar surface area (TPSA) is 122 Å². The summed E-state index contributed by atoms with van der Waals surface area (Å²) in [5, 5.41) is 3.17. The molecule has 12 heteroatoms. The zero-order valence-electron chi connectivity index (χ0n) is 23.4. The number of hydrogen-bond acceptors (Lipinski definition) is 8. The molecule has 12 nitrogen and oxygen atoms in total. The van der Waals surface area contributed by atoms with Crippen LogP contribution in [0.1, 0.15) is 50.5 Å². The molecule has 0 spiro atoms. The van der Waals surface area contributed by atoms with E-state index in [1.807, 2.05) is 20.8 Å². The second-order valence-electron chi connectivity index (χ2n) is 10.9. The van der Waals surface area contributed by atoms with Gasteiger partial charge in [-0.05, 0) is 51.8 Å². The molecule has 0 aliphatic carbocycles. The molecule has 2 saturated heterocycles. The number of piperazine rings is 1. The van der Waals surface area contributed by atoms with Crippen LogP contribution < -0.4 is 10.1 Å². The molecule has 214 valence electrons. The predicted molar refractivity (Wildman–Crippen MR) is 148 cm³/mol. The van der Waals surface area contributed by atoms with Crippen molar-refractivity contribution in [3.63, 3.8) is 0 Å². The van der Waals surface area contributed by atoms with Gasteiger partial charge < -0.3 is 19.7 Å². The number of hydrogen-bond donors (Lipinski definition) is 1. The lowest BCUT2D eigenvalue weighted by Gasteiger charge is -2.35. The van der Waals surface area contributed by atoms with Gasteiger partial charge in [0.1, 0.15) is 23.4 Å². The summed E-state index contributed by atoms with van der Waals surface area (Å²) in [4.78, 5) is 55.1. The van der Waals surface area contributed by atoms with E-state index in [0.29, 0.717) is 49.3 Å². The average molecular weight is 552 g/mol. The maximum absolute atomic E-state index is 12.9. The van der Waals surface area contributed by atoms with Crippen molar-refractivity contribution < 1.29 is 23.9 Å². The molecule has 1 aromatic heterocycles. The lowest BCUT2D eigenvalue weighted by molar-refractivity contribution is -0.130. The zero-order valence-corrected chi connectivity index (χ0v) is 23.4. The summed E-state index contributed by atoms with van der Waals surface area (Å²) in [6, 6.07) is 5.31. The first-order valence-corrected chi connectivity index (χ1v) is 13.7. The third-order valence-corrected chi connectivity index (χ3v) is 6.82. The van der Waals surface area contributed by atoms with Gasteiger partial charge in [-0.3, -0.25) is 24.2 Å². The summed E-state index contributed by atoms with van der Waals surface area (Å²) in [5.74, 6) is -0.165. The molecular formula is C28H37N7O5. The van der Waals surface area contributed by atoms with E-state index in [-0.39, 0.29) is 24.2 Å². The number of amides is 3. The van der Waals surface area contributed by atoms with E-state index in [1.54, 1.807) is 23.1 Å². The molecule has 1 N–H and O–H groups in total. The molecule has 2 fully saturated rings. The number of likely N-dealkylation sites (tertiary alicyclic amines) is 1. The standard InChI is InChI=1S/C28H37N7O5/c1-28(2,3)40-27(38)34-14-12-33(13-15-34)10-6-16-39-20-8-9-22-21(17-20)25(32-19-31-22)26(37)30-18-24(36)35-11-5-7-23(35)29-4/h8-9,17,19,23H,5-7,10-16,18H2,1-3H3,(H,30,37)/t23-/m0/s1. The molecule has 3 heterocycles. The molecule has 2 aliphatic heterocycles. The smallest absolute Gasteiger partial charge is 0.410 e. The Labute approximate surface area is 234 Å². The minimum Gasteiger partial charge on any atom is -0.494 e. The summed E-state index contributed by atoms with van der Waals surface area (Å²) in [7, 11) is 0. The SMILES string of the molecule is [C-]#[N+][C@@H]1CCCN1C(=O)CNC(=O)c1ncnc2ccc(OCCCN3CCN(C(=O)OC(C)(C)C)CC3)cc12. The predicted octanol–water partition coefficient (Wildman–Crippen LogP) is 2.55. The fourth-order valence-corrected chi connectivity index (χ4v) is 4.78. The fraction of sp³-hybridized carbons (Fsp3) is 0.571. The van der Waals surface area contributed by atoms with E-state index in [4.69, 9.17) is 16.0 Å². The third-order valence-electron chi connectivity index (χ3n) is 6.82. The Morgan fingerprint density at radius 2 is 1.90 bits per heavy atom. The van der Waals surface area contributed by atoms with Gasteiger partial charge in [-0.15, -0.1) is 0 Å². The Morgan fingerprint density at radius 3 is 2.62 bits per heavy atom. The first-order chi connectivity index (χ1) is 19.1. The number of nitrogens with zero attached hydrogens (tertiary/aromatic N) is 6. The van der Waals surface area contributed by atoms with Crippen molar-refractivity contribution in [3.8, 4) is 5.75 Å². The summed E-state index contributed by atoms with van der Waals surface area (Å²) >= 11 is 0. The summed E-state index contributed by atoms with van der Waals surface area (Å²) in [6.45, 7) is 17.3. The van der Waals surface area contributed by atoms with Gasteiger partial charge in [0.25, 0.3) is 5.91 Å². The molecule has 0 radical (unpaired) electrons. The molecular weight excluding hydrogens is 514 g/mol. The van der Waals surface area contributed by atoms with Crippen LogP contribution in [0.5, 0.6) is 5.75 Å². The Morgan fingerprint density at radius 1 is 1.12 bits per heavy atom. The Balaban J connectivity index is 1.25. The van der Waals surface area contributed by atoms with Crippen LogP contribution in [0.15, 0.2) is 24.5 Å². The van der Waals surface area contributed by atoms with E-state index >= 15 is 0 Å². The second-order valence-corrected chi connectivity index (χ2v) is 10.9. The number of fused-ring (bicyclic) bond motifs is 1. The van der Waals surface area contributed by atoms with Gasteiger partial charge >= 0.3 is 12.3 Å². The van der Waals surface area contributed by atoms with Gasteiger partial charge in [-0.2, -0.15) is 0 Å². The maximum atomic E-state index is 12.9. The van der Waals surface area contributed by atoms with E-state index in [2.05, 4.69) is 25.0 Å². The lowest BCUT2D eigenvalue weighted by Crippen LogP contribution is -2.50. The fourth-order valence-electron chi connectivity index (χ4n) is 4.78. The van der Waals surface area contributed by atoms with Crippen molar-refractivity contribution in [2.45, 2.75) is 51.8 Å². The minimum absolute atomic E-state index is 0.161. The first-order valence-electron chi connectivity index (χ1n) is 13.7. The lowest BCUT2D eigenvalue weighted by atomic mass is 10.1.